The van der Waals surface area contributed by atoms with Gasteiger partial charge in [0.2, 0.25) is 16.2 Å². The van der Waals surface area contributed by atoms with Crippen molar-refractivity contribution in [3.8, 4) is 11.8 Å². The molecular formula is C27H28N8O3S3. The molecule has 3 heterocycles. The molecule has 41 heavy (non-hydrogen) atoms. The minimum absolute atomic E-state index is 0.0249. The van der Waals surface area contributed by atoms with Crippen molar-refractivity contribution in [1.82, 2.24) is 20.4 Å². The van der Waals surface area contributed by atoms with Crippen LogP contribution in [0, 0.1) is 23.7 Å². The van der Waals surface area contributed by atoms with E-state index in [1.54, 1.807) is 4.90 Å². The molecule has 1 aliphatic carbocycles. The summed E-state index contributed by atoms with van der Waals surface area (Å²) in [5, 5.41) is 31.0. The molecule has 1 aromatic carbocycles. The smallest absolute Gasteiger partial charge is 0.236 e. The van der Waals surface area contributed by atoms with E-state index < -0.39 is 5.92 Å². The fourth-order valence-corrected chi connectivity index (χ4v) is 7.25. The normalized spacial score (nSPS) is 18.3. The Morgan fingerprint density at radius 1 is 1.22 bits per heavy atom. The van der Waals surface area contributed by atoms with Crippen LogP contribution in [0.4, 0.5) is 10.3 Å². The van der Waals surface area contributed by atoms with Gasteiger partial charge in [-0.1, -0.05) is 60.4 Å². The van der Waals surface area contributed by atoms with E-state index >= 15 is 0 Å². The van der Waals surface area contributed by atoms with Crippen molar-refractivity contribution in [2.75, 3.05) is 22.6 Å². The molecule has 0 bridgehead atoms. The summed E-state index contributed by atoms with van der Waals surface area (Å²) in [6.07, 6.45) is 0.916. The van der Waals surface area contributed by atoms with Crippen molar-refractivity contribution in [1.29, 1.82) is 5.26 Å². The molecule has 0 fully saturated rings. The van der Waals surface area contributed by atoms with Crippen LogP contribution < -0.4 is 20.7 Å². The van der Waals surface area contributed by atoms with Crippen LogP contribution >= 0.6 is 34.4 Å². The van der Waals surface area contributed by atoms with Crippen LogP contribution in [-0.4, -0.2) is 44.4 Å². The number of nitrogens with zero attached hydrogens (tertiary/aromatic N) is 6. The molecule has 1 aliphatic heterocycles. The molecule has 2 aliphatic rings. The number of rotatable bonds is 8. The Labute approximate surface area is 249 Å². The largest absolute Gasteiger partial charge is 0.494 e. The number of Topliss-reactive ketones (excluding diaryl/α,β-unsaturated/α-hetero) is 1. The predicted molar refractivity (Wildman–Crippen MR) is 159 cm³/mol. The number of amides is 1. The van der Waals surface area contributed by atoms with Crippen LogP contribution in [0.5, 0.6) is 5.75 Å². The van der Waals surface area contributed by atoms with Crippen molar-refractivity contribution < 1.29 is 14.3 Å². The average molecular weight is 609 g/mol. The van der Waals surface area contributed by atoms with E-state index in [0.717, 1.165) is 16.3 Å². The summed E-state index contributed by atoms with van der Waals surface area (Å²) < 4.78 is 6.13. The van der Waals surface area contributed by atoms with Crippen molar-refractivity contribution >= 4 is 56.4 Å². The quantitative estimate of drug-likeness (QED) is 0.339. The molecule has 0 spiro atoms. The van der Waals surface area contributed by atoms with Gasteiger partial charge in [-0.3, -0.25) is 19.8 Å². The summed E-state index contributed by atoms with van der Waals surface area (Å²) in [6, 6.07) is 9.70. The molecule has 0 saturated carbocycles. The van der Waals surface area contributed by atoms with Crippen LogP contribution in [-0.2, 0) is 9.59 Å². The van der Waals surface area contributed by atoms with Crippen molar-refractivity contribution in [3.63, 3.8) is 0 Å². The minimum Gasteiger partial charge on any atom is -0.494 e. The van der Waals surface area contributed by atoms with E-state index in [1.165, 1.54) is 34.4 Å². The number of aromatic nitrogens is 4. The Morgan fingerprint density at radius 3 is 2.63 bits per heavy atom. The predicted octanol–water partition coefficient (Wildman–Crippen LogP) is 4.77. The number of ether oxygens (including phenoxy) is 1. The third kappa shape index (κ3) is 5.97. The number of benzene rings is 1. The van der Waals surface area contributed by atoms with Gasteiger partial charge in [0.05, 0.1) is 29.9 Å². The SMILES string of the molecule is CCOc1ccc(C2C(C#N)=C(N)N(c3nnc(SCC(=O)Nc4nnc(C)s4)s3)C3=C2C(=O)CC(C)(C)C3)cc1. The summed E-state index contributed by atoms with van der Waals surface area (Å²) >= 11 is 3.77. The lowest BCUT2D eigenvalue weighted by Gasteiger charge is -2.42. The molecule has 1 amide bonds. The van der Waals surface area contributed by atoms with Gasteiger partial charge < -0.3 is 10.5 Å². The molecule has 2 aromatic heterocycles. The highest BCUT2D eigenvalue weighted by Gasteiger charge is 2.45. The summed E-state index contributed by atoms with van der Waals surface area (Å²) in [7, 11) is 0. The van der Waals surface area contributed by atoms with E-state index in [-0.39, 0.29) is 34.3 Å². The van der Waals surface area contributed by atoms with E-state index in [2.05, 4.69) is 31.8 Å². The number of ketones is 1. The maximum Gasteiger partial charge on any atom is 0.236 e. The van der Waals surface area contributed by atoms with Gasteiger partial charge in [-0.25, -0.2) is 0 Å². The number of aryl methyl sites for hydroxylation is 1. The number of nitrogens with two attached hydrogens (primary N) is 1. The second-order valence-electron chi connectivity index (χ2n) is 10.3. The van der Waals surface area contributed by atoms with Gasteiger partial charge in [0.15, 0.2) is 10.1 Å². The number of nitrogens with one attached hydrogen (secondary N) is 1. The first-order valence-corrected chi connectivity index (χ1v) is 15.5. The number of carbonyl (C=O) groups excluding carboxylic acids is 2. The van der Waals surface area contributed by atoms with Crippen LogP contribution in [0.2, 0.25) is 0 Å². The molecule has 0 radical (unpaired) electrons. The molecule has 1 atom stereocenters. The van der Waals surface area contributed by atoms with Crippen LogP contribution in [0.3, 0.4) is 0 Å². The summed E-state index contributed by atoms with van der Waals surface area (Å²) in [4.78, 5) is 27.8. The standard InChI is InChI=1S/C27H28N8O3S3/c1-5-38-16-8-6-15(7-9-16)21-17(12-28)23(29)35(18-10-27(3,4)11-19(36)22(18)21)25-33-34-26(41-25)39-13-20(37)30-24-32-31-14(2)40-24/h6-9,21H,5,10-11,13,29H2,1-4H3,(H,30,32,37). The molecular weight excluding hydrogens is 581 g/mol. The highest BCUT2D eigenvalue weighted by molar-refractivity contribution is 8.01. The van der Waals surface area contributed by atoms with E-state index in [1.807, 2.05) is 52.0 Å². The Kier molecular flexibility index (Phi) is 8.12. The molecule has 0 saturated heterocycles. The maximum atomic E-state index is 13.7. The number of anilines is 2. The molecule has 14 heteroatoms. The fourth-order valence-electron chi connectivity index (χ4n) is 4.96. The molecule has 3 aromatic rings. The van der Waals surface area contributed by atoms with E-state index in [9.17, 15) is 14.9 Å². The molecule has 212 valence electrons. The number of hydrogen-bond donors (Lipinski definition) is 2. The van der Waals surface area contributed by atoms with Gasteiger partial charge in [-0.15, -0.1) is 20.4 Å². The zero-order valence-electron chi connectivity index (χ0n) is 22.9. The first kappa shape index (κ1) is 28.7. The lowest BCUT2D eigenvalue weighted by molar-refractivity contribution is -0.118. The first-order chi connectivity index (χ1) is 19.6. The van der Waals surface area contributed by atoms with Crippen molar-refractivity contribution in [2.24, 2.45) is 11.1 Å². The average Bonchev–Trinajstić information content (AvgIpc) is 3.55. The number of allylic oxidation sites excluding steroid dienone is 3. The van der Waals surface area contributed by atoms with Crippen molar-refractivity contribution in [2.45, 2.75) is 50.8 Å². The molecule has 11 nitrogen and oxygen atoms in total. The Balaban J connectivity index is 1.47. The zero-order chi connectivity index (χ0) is 29.3. The monoisotopic (exact) mass is 608 g/mol. The second kappa shape index (κ2) is 11.6. The molecule has 5 rings (SSSR count). The summed E-state index contributed by atoms with van der Waals surface area (Å²) in [6.45, 7) is 8.34. The Morgan fingerprint density at radius 2 is 1.98 bits per heavy atom. The first-order valence-electron chi connectivity index (χ1n) is 12.9. The third-order valence-electron chi connectivity index (χ3n) is 6.59. The van der Waals surface area contributed by atoms with Gasteiger partial charge in [-0.05, 0) is 43.4 Å². The number of thioether (sulfide) groups is 1. The van der Waals surface area contributed by atoms with Gasteiger partial charge in [0, 0.05) is 17.7 Å². The van der Waals surface area contributed by atoms with Gasteiger partial charge >= 0.3 is 0 Å². The highest BCUT2D eigenvalue weighted by Crippen LogP contribution is 2.50. The fraction of sp³-hybridized carbons (Fsp3) is 0.370. The lowest BCUT2D eigenvalue weighted by atomic mass is 9.68. The zero-order valence-corrected chi connectivity index (χ0v) is 25.4. The molecule has 3 N–H and O–H groups in total. The highest BCUT2D eigenvalue weighted by atomic mass is 32.2. The van der Waals surface area contributed by atoms with Gasteiger partial charge in [0.1, 0.15) is 16.6 Å². The second-order valence-corrected chi connectivity index (χ2v) is 13.7. The third-order valence-corrected chi connectivity index (χ3v) is 9.39. The Bertz CT molecular complexity index is 1600. The van der Waals surface area contributed by atoms with Crippen molar-refractivity contribution in [3.05, 3.63) is 57.5 Å². The Hall–Kier alpha value is -3.80. The van der Waals surface area contributed by atoms with E-state index in [4.69, 9.17) is 10.5 Å². The minimum atomic E-state index is -0.597. The maximum absolute atomic E-state index is 13.7. The number of carbonyl (C=O) groups is 2. The summed E-state index contributed by atoms with van der Waals surface area (Å²) in [5.74, 6) is 0.160. The van der Waals surface area contributed by atoms with Crippen LogP contribution in [0.25, 0.3) is 0 Å². The van der Waals surface area contributed by atoms with Crippen LogP contribution in [0.15, 0.2) is 51.3 Å². The topological polar surface area (TPSA) is 160 Å². The van der Waals surface area contributed by atoms with E-state index in [0.29, 0.717) is 45.4 Å². The van der Waals surface area contributed by atoms with Gasteiger partial charge in [0.25, 0.3) is 0 Å². The van der Waals surface area contributed by atoms with Crippen LogP contribution in [0.1, 0.15) is 50.1 Å². The number of nitriles is 1. The van der Waals surface area contributed by atoms with Gasteiger partial charge in [-0.2, -0.15) is 5.26 Å². The molecule has 1 unspecified atom stereocenters. The summed E-state index contributed by atoms with van der Waals surface area (Å²) in [5.41, 5.74) is 8.72. The lowest BCUT2D eigenvalue weighted by Crippen LogP contribution is -2.42. The number of hydrogen-bond acceptors (Lipinski definition) is 13.